The van der Waals surface area contributed by atoms with E-state index in [-0.39, 0.29) is 11.4 Å². The van der Waals surface area contributed by atoms with Gasteiger partial charge in [-0.2, -0.15) is 0 Å². The van der Waals surface area contributed by atoms with E-state index in [1.54, 1.807) is 18.7 Å². The zero-order chi connectivity index (χ0) is 13.0. The average Bonchev–Trinajstić information content (AvgIpc) is 2.25. The van der Waals surface area contributed by atoms with E-state index in [0.29, 0.717) is 5.82 Å². The van der Waals surface area contributed by atoms with E-state index in [2.05, 4.69) is 16.9 Å². The van der Waals surface area contributed by atoms with Gasteiger partial charge in [0.25, 0.3) is 0 Å². The van der Waals surface area contributed by atoms with E-state index in [1.165, 1.54) is 0 Å². The first kappa shape index (κ1) is 14.3. The van der Waals surface area contributed by atoms with Crippen LogP contribution < -0.4 is 5.73 Å². The molecule has 2 atom stereocenters. The number of aliphatic hydroxyl groups is 1. The Morgan fingerprint density at radius 1 is 1.35 bits per heavy atom. The molecule has 0 aliphatic heterocycles. The van der Waals surface area contributed by atoms with Crippen LogP contribution in [0.2, 0.25) is 0 Å². The lowest BCUT2D eigenvalue weighted by atomic mass is 10.3. The van der Waals surface area contributed by atoms with Crippen LogP contribution in [0.5, 0.6) is 0 Å². The first-order valence-corrected chi connectivity index (χ1v) is 6.81. The van der Waals surface area contributed by atoms with Gasteiger partial charge in [-0.15, -0.1) is 11.8 Å². The number of nitrogens with zero attached hydrogens (tertiary/aromatic N) is 2. The van der Waals surface area contributed by atoms with Crippen LogP contribution in [0.15, 0.2) is 5.03 Å². The maximum Gasteiger partial charge on any atom is 0.132 e. The topological polar surface area (TPSA) is 72.0 Å². The van der Waals surface area contributed by atoms with Crippen molar-refractivity contribution in [2.75, 3.05) is 5.73 Å². The lowest BCUT2D eigenvalue weighted by molar-refractivity contribution is 0.196. The van der Waals surface area contributed by atoms with Crippen LogP contribution in [-0.2, 0) is 6.42 Å². The Hall–Kier alpha value is -0.810. The summed E-state index contributed by atoms with van der Waals surface area (Å²) >= 11 is 1.55. The molecule has 17 heavy (non-hydrogen) atoms. The van der Waals surface area contributed by atoms with E-state index < -0.39 is 0 Å². The molecule has 1 rings (SSSR count). The molecule has 0 spiro atoms. The Kier molecular flexibility index (Phi) is 5.21. The number of rotatable bonds is 5. The molecule has 1 aromatic rings. The van der Waals surface area contributed by atoms with Crippen molar-refractivity contribution in [2.24, 2.45) is 0 Å². The second-order valence-corrected chi connectivity index (χ2v) is 5.63. The van der Waals surface area contributed by atoms with Crippen LogP contribution in [0.1, 0.15) is 38.6 Å². The lowest BCUT2D eigenvalue weighted by Gasteiger charge is -2.16. The van der Waals surface area contributed by atoms with Gasteiger partial charge in [-0.1, -0.05) is 13.8 Å². The van der Waals surface area contributed by atoms with Gasteiger partial charge in [0.2, 0.25) is 0 Å². The fraction of sp³-hybridized carbons (Fsp3) is 0.667. The molecule has 4 nitrogen and oxygen atoms in total. The molecular weight excluding hydrogens is 234 g/mol. The molecule has 96 valence electrons. The number of thioether (sulfide) groups is 1. The minimum Gasteiger partial charge on any atom is -0.392 e. The van der Waals surface area contributed by atoms with Crippen molar-refractivity contribution in [1.29, 1.82) is 0 Å². The highest BCUT2D eigenvalue weighted by molar-refractivity contribution is 7.99. The number of aromatic nitrogens is 2. The number of nitrogen functional groups attached to an aromatic ring is 1. The Labute approximate surface area is 107 Å². The summed E-state index contributed by atoms with van der Waals surface area (Å²) in [7, 11) is 0. The number of hydrogen-bond donors (Lipinski definition) is 2. The molecule has 1 heterocycles. The summed E-state index contributed by atoms with van der Waals surface area (Å²) in [4.78, 5) is 8.77. The SMILES string of the molecule is CCCc1nc(N)c(C)c(SC(C)C(C)O)n1. The van der Waals surface area contributed by atoms with E-state index in [4.69, 9.17) is 5.73 Å². The quantitative estimate of drug-likeness (QED) is 0.623. The minimum atomic E-state index is -0.370. The summed E-state index contributed by atoms with van der Waals surface area (Å²) in [6.45, 7) is 7.77. The number of aliphatic hydroxyl groups excluding tert-OH is 1. The lowest BCUT2D eigenvalue weighted by Crippen LogP contribution is -2.16. The summed E-state index contributed by atoms with van der Waals surface area (Å²) in [6.07, 6.45) is 1.46. The van der Waals surface area contributed by atoms with E-state index >= 15 is 0 Å². The van der Waals surface area contributed by atoms with Crippen LogP contribution in [0, 0.1) is 6.92 Å². The maximum absolute atomic E-state index is 9.52. The normalized spacial score (nSPS) is 14.6. The zero-order valence-electron chi connectivity index (χ0n) is 10.9. The summed E-state index contributed by atoms with van der Waals surface area (Å²) in [5.41, 5.74) is 6.78. The van der Waals surface area contributed by atoms with Crippen molar-refractivity contribution in [3.8, 4) is 0 Å². The van der Waals surface area contributed by atoms with Crippen LogP contribution in [0.4, 0.5) is 5.82 Å². The van der Waals surface area contributed by atoms with Crippen LogP contribution in [-0.4, -0.2) is 26.4 Å². The molecule has 0 bridgehead atoms. The highest BCUT2D eigenvalue weighted by atomic mass is 32.2. The third kappa shape index (κ3) is 3.85. The first-order chi connectivity index (χ1) is 7.95. The predicted molar refractivity (Wildman–Crippen MR) is 72.2 cm³/mol. The van der Waals surface area contributed by atoms with Crippen LogP contribution >= 0.6 is 11.8 Å². The molecule has 0 aliphatic rings. The van der Waals surface area contributed by atoms with Crippen molar-refractivity contribution in [2.45, 2.75) is 56.9 Å². The Bertz CT molecular complexity index is 382. The number of anilines is 1. The molecule has 5 heteroatoms. The molecule has 0 radical (unpaired) electrons. The van der Waals surface area contributed by atoms with Gasteiger partial charge in [0.05, 0.1) is 6.10 Å². The monoisotopic (exact) mass is 255 g/mol. The smallest absolute Gasteiger partial charge is 0.132 e. The number of aryl methyl sites for hydroxylation is 1. The summed E-state index contributed by atoms with van der Waals surface area (Å²) in [5, 5.41) is 10.5. The van der Waals surface area contributed by atoms with Gasteiger partial charge in [-0.05, 0) is 20.3 Å². The van der Waals surface area contributed by atoms with Gasteiger partial charge in [-0.25, -0.2) is 9.97 Å². The summed E-state index contributed by atoms with van der Waals surface area (Å²) in [6, 6.07) is 0. The van der Waals surface area contributed by atoms with E-state index in [9.17, 15) is 5.11 Å². The minimum absolute atomic E-state index is 0.0949. The van der Waals surface area contributed by atoms with Gasteiger partial charge < -0.3 is 10.8 Å². The Balaban J connectivity index is 2.97. The molecule has 0 amide bonds. The molecule has 0 fully saturated rings. The first-order valence-electron chi connectivity index (χ1n) is 5.93. The fourth-order valence-corrected chi connectivity index (χ4v) is 2.27. The van der Waals surface area contributed by atoms with Crippen LogP contribution in [0.3, 0.4) is 0 Å². The highest BCUT2D eigenvalue weighted by Gasteiger charge is 2.15. The highest BCUT2D eigenvalue weighted by Crippen LogP contribution is 2.28. The van der Waals surface area contributed by atoms with Gasteiger partial charge in [0, 0.05) is 17.2 Å². The molecule has 3 N–H and O–H groups in total. The second-order valence-electron chi connectivity index (χ2n) is 4.27. The zero-order valence-corrected chi connectivity index (χ0v) is 11.7. The predicted octanol–water partition coefficient (Wildman–Crippen LogP) is 2.18. The second kappa shape index (κ2) is 6.21. The number of hydrogen-bond acceptors (Lipinski definition) is 5. The molecule has 0 aliphatic carbocycles. The molecule has 2 unspecified atom stereocenters. The Morgan fingerprint density at radius 3 is 2.53 bits per heavy atom. The molecule has 1 aromatic heterocycles. The van der Waals surface area contributed by atoms with E-state index in [0.717, 1.165) is 29.3 Å². The van der Waals surface area contributed by atoms with Gasteiger partial charge >= 0.3 is 0 Å². The van der Waals surface area contributed by atoms with Gasteiger partial charge in [-0.3, -0.25) is 0 Å². The number of nitrogens with two attached hydrogens (primary N) is 1. The molecular formula is C12H21N3OS. The standard InChI is InChI=1S/C12H21N3OS/c1-5-6-10-14-11(13)7(2)12(15-10)17-9(4)8(3)16/h8-9,16H,5-6H2,1-4H3,(H2,13,14,15). The maximum atomic E-state index is 9.52. The van der Waals surface area contributed by atoms with Gasteiger partial charge in [0.15, 0.2) is 0 Å². The molecule has 0 aromatic carbocycles. The molecule has 0 saturated carbocycles. The average molecular weight is 255 g/mol. The third-order valence-electron chi connectivity index (χ3n) is 2.64. The van der Waals surface area contributed by atoms with Crippen molar-refractivity contribution in [3.63, 3.8) is 0 Å². The van der Waals surface area contributed by atoms with Crippen molar-refractivity contribution in [1.82, 2.24) is 9.97 Å². The Morgan fingerprint density at radius 2 is 2.00 bits per heavy atom. The largest absolute Gasteiger partial charge is 0.392 e. The summed E-state index contributed by atoms with van der Waals surface area (Å²) < 4.78 is 0. The van der Waals surface area contributed by atoms with Gasteiger partial charge in [0.1, 0.15) is 16.7 Å². The van der Waals surface area contributed by atoms with Crippen molar-refractivity contribution >= 4 is 17.6 Å². The van der Waals surface area contributed by atoms with Crippen LogP contribution in [0.25, 0.3) is 0 Å². The third-order valence-corrected chi connectivity index (χ3v) is 4.02. The van der Waals surface area contributed by atoms with Crippen molar-refractivity contribution < 1.29 is 5.11 Å². The molecule has 0 saturated heterocycles. The van der Waals surface area contributed by atoms with E-state index in [1.807, 2.05) is 13.8 Å². The summed E-state index contributed by atoms with van der Waals surface area (Å²) in [5.74, 6) is 1.33. The van der Waals surface area contributed by atoms with Crippen molar-refractivity contribution in [3.05, 3.63) is 11.4 Å². The fourth-order valence-electron chi connectivity index (χ4n) is 1.28.